The summed E-state index contributed by atoms with van der Waals surface area (Å²) in [6.07, 6.45) is 2.65. The third-order valence-electron chi connectivity index (χ3n) is 2.98. The Hall–Kier alpha value is -0.770. The molecule has 0 heterocycles. The van der Waals surface area contributed by atoms with E-state index in [9.17, 15) is 13.6 Å². The van der Waals surface area contributed by atoms with Crippen LogP contribution in [0.5, 0.6) is 0 Å². The van der Waals surface area contributed by atoms with E-state index < -0.39 is 17.6 Å². The summed E-state index contributed by atoms with van der Waals surface area (Å²) in [5.74, 6) is -1.92. The largest absolute Gasteiger partial charge is 0.299 e. The van der Waals surface area contributed by atoms with Gasteiger partial charge in [-0.25, -0.2) is 8.78 Å². The van der Waals surface area contributed by atoms with Crippen molar-refractivity contribution in [1.29, 1.82) is 0 Å². The fraction of sp³-hybridized carbons (Fsp3) is 0.417. The second-order valence-corrected chi connectivity index (χ2v) is 4.88. The summed E-state index contributed by atoms with van der Waals surface area (Å²) in [6, 6.07) is 2.52. The highest BCUT2D eigenvalue weighted by molar-refractivity contribution is 9.10. The van der Waals surface area contributed by atoms with Gasteiger partial charge in [-0.1, -0.05) is 6.42 Å². The smallest absolute Gasteiger partial charge is 0.144 e. The van der Waals surface area contributed by atoms with Gasteiger partial charge in [0.1, 0.15) is 17.4 Å². The molecule has 1 aromatic carbocycles. The van der Waals surface area contributed by atoms with Gasteiger partial charge in [0.05, 0.1) is 4.47 Å². The van der Waals surface area contributed by atoms with Crippen molar-refractivity contribution in [1.82, 2.24) is 0 Å². The lowest BCUT2D eigenvalue weighted by Crippen LogP contribution is -2.19. The summed E-state index contributed by atoms with van der Waals surface area (Å²) in [7, 11) is 0. The number of benzene rings is 1. The molecule has 1 aromatic rings. The van der Waals surface area contributed by atoms with Gasteiger partial charge in [-0.05, 0) is 40.9 Å². The average molecular weight is 289 g/mol. The van der Waals surface area contributed by atoms with Crippen LogP contribution in [0.4, 0.5) is 8.78 Å². The molecule has 2 rings (SSSR count). The zero-order valence-corrected chi connectivity index (χ0v) is 10.2. The van der Waals surface area contributed by atoms with E-state index in [0.29, 0.717) is 12.8 Å². The minimum Gasteiger partial charge on any atom is -0.299 e. The predicted octanol–water partition coefficient (Wildman–Crippen LogP) is 3.95. The van der Waals surface area contributed by atoms with Crippen molar-refractivity contribution in [2.24, 2.45) is 0 Å². The number of rotatable bonds is 1. The molecule has 16 heavy (non-hydrogen) atoms. The van der Waals surface area contributed by atoms with Crippen LogP contribution < -0.4 is 0 Å². The monoisotopic (exact) mass is 288 g/mol. The molecule has 86 valence electrons. The van der Waals surface area contributed by atoms with Crippen LogP contribution >= 0.6 is 15.9 Å². The number of hydrogen-bond acceptors (Lipinski definition) is 1. The summed E-state index contributed by atoms with van der Waals surface area (Å²) >= 11 is 3.01. The molecule has 0 amide bonds. The van der Waals surface area contributed by atoms with E-state index >= 15 is 0 Å². The molecule has 0 spiro atoms. The first-order valence-electron chi connectivity index (χ1n) is 5.27. The van der Waals surface area contributed by atoms with Crippen molar-refractivity contribution < 1.29 is 13.6 Å². The summed E-state index contributed by atoms with van der Waals surface area (Å²) in [5, 5.41) is 0. The summed E-state index contributed by atoms with van der Waals surface area (Å²) in [6.45, 7) is 0. The molecule has 0 aromatic heterocycles. The van der Waals surface area contributed by atoms with Gasteiger partial charge >= 0.3 is 0 Å². The lowest BCUT2D eigenvalue weighted by Gasteiger charge is -2.22. The van der Waals surface area contributed by atoms with Crippen LogP contribution in [0.15, 0.2) is 16.6 Å². The molecular formula is C12H11BrF2O. The minimum absolute atomic E-state index is 0.0536. The zero-order valence-electron chi connectivity index (χ0n) is 8.60. The Morgan fingerprint density at radius 2 is 2.00 bits per heavy atom. The summed E-state index contributed by atoms with van der Waals surface area (Å²) in [5.41, 5.74) is -0.0703. The summed E-state index contributed by atoms with van der Waals surface area (Å²) in [4.78, 5) is 11.7. The molecule has 0 saturated heterocycles. The number of carbonyl (C=O) groups excluding carboxylic acids is 1. The first-order valence-corrected chi connectivity index (χ1v) is 6.06. The highest BCUT2D eigenvalue weighted by Crippen LogP contribution is 2.35. The van der Waals surface area contributed by atoms with Gasteiger partial charge in [0.15, 0.2) is 0 Å². The Morgan fingerprint density at radius 3 is 2.69 bits per heavy atom. The van der Waals surface area contributed by atoms with Crippen LogP contribution in [0.3, 0.4) is 0 Å². The van der Waals surface area contributed by atoms with Crippen LogP contribution in [0, 0.1) is 11.6 Å². The zero-order chi connectivity index (χ0) is 11.7. The van der Waals surface area contributed by atoms with Crippen molar-refractivity contribution in [2.75, 3.05) is 0 Å². The van der Waals surface area contributed by atoms with Crippen molar-refractivity contribution in [2.45, 2.75) is 31.6 Å². The maximum Gasteiger partial charge on any atom is 0.144 e. The van der Waals surface area contributed by atoms with E-state index in [1.165, 1.54) is 12.1 Å². The van der Waals surface area contributed by atoms with Crippen molar-refractivity contribution in [3.63, 3.8) is 0 Å². The first-order chi connectivity index (χ1) is 7.61. The molecule has 0 bridgehead atoms. The molecule has 1 atom stereocenters. The maximum atomic E-state index is 13.8. The molecule has 1 aliphatic rings. The number of halogens is 3. The Morgan fingerprint density at radius 1 is 1.25 bits per heavy atom. The van der Waals surface area contributed by atoms with Crippen LogP contribution in [0.25, 0.3) is 0 Å². The SMILES string of the molecule is O=C1CCCCC1c1c(F)ccc(Br)c1F. The quantitative estimate of drug-likeness (QED) is 0.715. The molecule has 1 saturated carbocycles. The molecule has 1 nitrogen and oxygen atoms in total. The van der Waals surface area contributed by atoms with E-state index in [1.807, 2.05) is 0 Å². The van der Waals surface area contributed by atoms with Crippen LogP contribution in [-0.4, -0.2) is 5.78 Å². The topological polar surface area (TPSA) is 17.1 Å². The highest BCUT2D eigenvalue weighted by Gasteiger charge is 2.29. The second kappa shape index (κ2) is 4.62. The van der Waals surface area contributed by atoms with Gasteiger partial charge in [0, 0.05) is 17.9 Å². The normalized spacial score (nSPS) is 21.2. The van der Waals surface area contributed by atoms with E-state index in [-0.39, 0.29) is 15.8 Å². The Bertz CT molecular complexity index is 431. The molecule has 1 fully saturated rings. The van der Waals surface area contributed by atoms with Gasteiger partial charge in [-0.3, -0.25) is 4.79 Å². The molecule has 1 aliphatic carbocycles. The van der Waals surface area contributed by atoms with E-state index in [1.54, 1.807) is 0 Å². The van der Waals surface area contributed by atoms with Gasteiger partial charge in [-0.2, -0.15) is 0 Å². The van der Waals surface area contributed by atoms with Crippen molar-refractivity contribution in [3.8, 4) is 0 Å². The third kappa shape index (κ3) is 2.03. The van der Waals surface area contributed by atoms with E-state index in [4.69, 9.17) is 0 Å². The number of carbonyl (C=O) groups is 1. The van der Waals surface area contributed by atoms with Crippen LogP contribution in [0.1, 0.15) is 37.2 Å². The van der Waals surface area contributed by atoms with Gasteiger partial charge < -0.3 is 0 Å². The first kappa shape index (κ1) is 11.7. The lowest BCUT2D eigenvalue weighted by molar-refractivity contribution is -0.122. The number of Topliss-reactive ketones (excluding diaryl/α,β-unsaturated/α-hetero) is 1. The fourth-order valence-corrected chi connectivity index (χ4v) is 2.50. The lowest BCUT2D eigenvalue weighted by atomic mass is 9.82. The Kier molecular flexibility index (Phi) is 3.38. The number of hydrogen-bond donors (Lipinski definition) is 0. The second-order valence-electron chi connectivity index (χ2n) is 4.02. The van der Waals surface area contributed by atoms with Gasteiger partial charge in [0.2, 0.25) is 0 Å². The van der Waals surface area contributed by atoms with E-state index in [2.05, 4.69) is 15.9 Å². The molecule has 1 unspecified atom stereocenters. The Balaban J connectivity index is 2.46. The number of ketones is 1. The Labute approximate surface area is 101 Å². The van der Waals surface area contributed by atoms with Crippen molar-refractivity contribution >= 4 is 21.7 Å². The molecule has 0 N–H and O–H groups in total. The highest BCUT2D eigenvalue weighted by atomic mass is 79.9. The maximum absolute atomic E-state index is 13.8. The molecule has 0 radical (unpaired) electrons. The summed E-state index contributed by atoms with van der Waals surface area (Å²) < 4.78 is 27.6. The third-order valence-corrected chi connectivity index (χ3v) is 3.59. The molecular weight excluding hydrogens is 278 g/mol. The molecule has 0 aliphatic heterocycles. The van der Waals surface area contributed by atoms with Crippen LogP contribution in [0.2, 0.25) is 0 Å². The minimum atomic E-state index is -0.639. The molecule has 4 heteroatoms. The van der Waals surface area contributed by atoms with Crippen LogP contribution in [-0.2, 0) is 4.79 Å². The van der Waals surface area contributed by atoms with E-state index in [0.717, 1.165) is 12.8 Å². The fourth-order valence-electron chi connectivity index (χ4n) is 2.15. The van der Waals surface area contributed by atoms with Crippen molar-refractivity contribution in [3.05, 3.63) is 33.8 Å². The van der Waals surface area contributed by atoms with Gasteiger partial charge in [-0.15, -0.1) is 0 Å². The predicted molar refractivity (Wildman–Crippen MR) is 60.3 cm³/mol. The van der Waals surface area contributed by atoms with Gasteiger partial charge in [0.25, 0.3) is 0 Å². The average Bonchev–Trinajstić information content (AvgIpc) is 2.27. The standard InChI is InChI=1S/C12H11BrF2O/c13-8-5-6-9(14)11(12(8)15)7-3-1-2-4-10(7)16/h5-7H,1-4H2.